The summed E-state index contributed by atoms with van der Waals surface area (Å²) in [5.74, 6) is 2.16. The van der Waals surface area contributed by atoms with Gasteiger partial charge in [0.25, 0.3) is 0 Å². The molecule has 2 bridgehead atoms. The fourth-order valence-corrected chi connectivity index (χ4v) is 6.01. The zero-order chi connectivity index (χ0) is 24.7. The topological polar surface area (TPSA) is 73.4 Å². The van der Waals surface area contributed by atoms with Crippen molar-refractivity contribution in [1.82, 2.24) is 20.2 Å². The molecule has 0 spiro atoms. The lowest BCUT2D eigenvalue weighted by Gasteiger charge is -2.44. The fourth-order valence-electron chi connectivity index (χ4n) is 5.88. The van der Waals surface area contributed by atoms with Crippen molar-refractivity contribution < 1.29 is 4.79 Å². The van der Waals surface area contributed by atoms with Crippen LogP contribution in [0.2, 0.25) is 5.02 Å². The van der Waals surface area contributed by atoms with Crippen LogP contribution in [0.5, 0.6) is 0 Å². The summed E-state index contributed by atoms with van der Waals surface area (Å²) in [6.45, 7) is 12.6. The number of hydrogen-bond acceptors (Lipinski definition) is 6. The predicted molar refractivity (Wildman–Crippen MR) is 141 cm³/mol. The van der Waals surface area contributed by atoms with Crippen molar-refractivity contribution in [1.29, 1.82) is 0 Å². The molecule has 3 aliphatic heterocycles. The van der Waals surface area contributed by atoms with Gasteiger partial charge in [0.1, 0.15) is 18.0 Å². The van der Waals surface area contributed by atoms with Crippen LogP contribution in [0.3, 0.4) is 0 Å². The first-order valence-corrected chi connectivity index (χ1v) is 13.0. The molecule has 0 radical (unpaired) electrons. The highest BCUT2D eigenvalue weighted by molar-refractivity contribution is 6.30. The normalized spacial score (nSPS) is 24.4. The van der Waals surface area contributed by atoms with E-state index < -0.39 is 0 Å². The van der Waals surface area contributed by atoms with Gasteiger partial charge in [-0.05, 0) is 42.9 Å². The summed E-state index contributed by atoms with van der Waals surface area (Å²) in [6, 6.07) is 8.53. The van der Waals surface area contributed by atoms with Gasteiger partial charge >= 0.3 is 0 Å². The molecular formula is C27H35ClN6O. The molecule has 186 valence electrons. The Morgan fingerprint density at radius 3 is 2.54 bits per heavy atom. The molecule has 2 saturated heterocycles. The standard InChI is InChI=1S/C27H35ClN6O/c1-16(2)29-12-23(19-5-7-20(28)8-6-19)27(35)33-13-21-9-10-22(14-33)34(21)26-24-17(3)11-18(4)32-25(24)30-15-31-26/h5-8,15-17,21-23,29H,4,9-14H2,1-3H3,(H,30,31,32)/t17-,21?,22?,23-/m1/s1. The number of carbonyl (C=O) groups excluding carboxylic acids is 1. The SMILES string of the molecule is C=C1C[C@@H](C)c2c(ncnc2N2C3CCC2CN(C(=O)[C@H](CNC(C)C)c2ccc(Cl)cc2)C3)N1. The summed E-state index contributed by atoms with van der Waals surface area (Å²) in [6.07, 6.45) is 4.67. The van der Waals surface area contributed by atoms with Gasteiger partial charge in [-0.3, -0.25) is 4.79 Å². The minimum absolute atomic E-state index is 0.188. The minimum atomic E-state index is -0.234. The van der Waals surface area contributed by atoms with Crippen molar-refractivity contribution in [2.45, 2.75) is 70.0 Å². The van der Waals surface area contributed by atoms with E-state index in [4.69, 9.17) is 16.6 Å². The summed E-state index contributed by atoms with van der Waals surface area (Å²) in [7, 11) is 0. The fraction of sp³-hybridized carbons (Fsp3) is 0.519. The molecule has 0 saturated carbocycles. The van der Waals surface area contributed by atoms with Crippen LogP contribution in [-0.4, -0.2) is 58.5 Å². The number of piperazine rings is 1. The van der Waals surface area contributed by atoms with Gasteiger partial charge < -0.3 is 20.4 Å². The van der Waals surface area contributed by atoms with Crippen LogP contribution in [0, 0.1) is 0 Å². The molecule has 2 fully saturated rings. The first-order chi connectivity index (χ1) is 16.8. The van der Waals surface area contributed by atoms with Gasteiger partial charge in [0.15, 0.2) is 0 Å². The second kappa shape index (κ2) is 9.78. The monoisotopic (exact) mass is 494 g/mol. The number of rotatable bonds is 6. The Bertz CT molecular complexity index is 1090. The molecular weight excluding hydrogens is 460 g/mol. The Morgan fingerprint density at radius 1 is 1.20 bits per heavy atom. The zero-order valence-electron chi connectivity index (χ0n) is 20.8. The van der Waals surface area contributed by atoms with Crippen LogP contribution in [0.15, 0.2) is 42.9 Å². The second-order valence-electron chi connectivity index (χ2n) is 10.5. The average molecular weight is 495 g/mol. The number of nitrogens with one attached hydrogen (secondary N) is 2. The Morgan fingerprint density at radius 2 is 1.89 bits per heavy atom. The largest absolute Gasteiger partial charge is 0.347 e. The number of amides is 1. The van der Waals surface area contributed by atoms with Gasteiger partial charge in [0, 0.05) is 54.0 Å². The number of benzene rings is 1. The van der Waals surface area contributed by atoms with Crippen molar-refractivity contribution in [2.75, 3.05) is 29.9 Å². The van der Waals surface area contributed by atoms with Gasteiger partial charge in [-0.15, -0.1) is 0 Å². The Balaban J connectivity index is 1.38. The smallest absolute Gasteiger partial charge is 0.231 e. The number of aromatic nitrogens is 2. The van der Waals surface area contributed by atoms with Crippen LogP contribution in [0.4, 0.5) is 11.6 Å². The van der Waals surface area contributed by atoms with E-state index in [0.717, 1.165) is 42.2 Å². The highest BCUT2D eigenvalue weighted by atomic mass is 35.5. The van der Waals surface area contributed by atoms with Gasteiger partial charge in [-0.1, -0.05) is 51.1 Å². The van der Waals surface area contributed by atoms with E-state index in [-0.39, 0.29) is 23.9 Å². The maximum Gasteiger partial charge on any atom is 0.231 e. The van der Waals surface area contributed by atoms with E-state index in [1.807, 2.05) is 24.3 Å². The number of allylic oxidation sites excluding steroid dienone is 1. The average Bonchev–Trinajstić information content (AvgIpc) is 3.08. The van der Waals surface area contributed by atoms with Gasteiger partial charge in [0.2, 0.25) is 5.91 Å². The number of likely N-dealkylation sites (tertiary alicyclic amines) is 1. The van der Waals surface area contributed by atoms with Gasteiger partial charge in [0.05, 0.1) is 5.92 Å². The highest BCUT2D eigenvalue weighted by Gasteiger charge is 2.45. The predicted octanol–water partition coefficient (Wildman–Crippen LogP) is 4.52. The third-order valence-corrected chi connectivity index (χ3v) is 7.79. The molecule has 5 rings (SSSR count). The van der Waals surface area contributed by atoms with Gasteiger partial charge in [-0.2, -0.15) is 0 Å². The highest BCUT2D eigenvalue weighted by Crippen LogP contribution is 2.43. The molecule has 2 unspecified atom stereocenters. The summed E-state index contributed by atoms with van der Waals surface area (Å²) < 4.78 is 0. The summed E-state index contributed by atoms with van der Waals surface area (Å²) in [4.78, 5) is 27.7. The lowest BCUT2D eigenvalue weighted by molar-refractivity contribution is -0.133. The van der Waals surface area contributed by atoms with E-state index in [1.54, 1.807) is 6.33 Å². The van der Waals surface area contributed by atoms with Crippen LogP contribution >= 0.6 is 11.6 Å². The minimum Gasteiger partial charge on any atom is -0.347 e. The van der Waals surface area contributed by atoms with E-state index in [0.29, 0.717) is 36.6 Å². The van der Waals surface area contributed by atoms with Crippen molar-refractivity contribution in [3.8, 4) is 0 Å². The van der Waals surface area contributed by atoms with E-state index in [9.17, 15) is 4.79 Å². The molecule has 1 aromatic carbocycles. The molecule has 3 aliphatic rings. The molecule has 1 amide bonds. The third-order valence-electron chi connectivity index (χ3n) is 7.54. The first kappa shape index (κ1) is 24.1. The van der Waals surface area contributed by atoms with Gasteiger partial charge in [-0.25, -0.2) is 9.97 Å². The van der Waals surface area contributed by atoms with Crippen LogP contribution in [0.1, 0.15) is 63.0 Å². The summed E-state index contributed by atoms with van der Waals surface area (Å²) in [5, 5.41) is 7.51. The second-order valence-corrected chi connectivity index (χ2v) is 10.9. The Hall–Kier alpha value is -2.64. The van der Waals surface area contributed by atoms with Crippen molar-refractivity contribution >= 4 is 29.1 Å². The molecule has 1 aromatic heterocycles. The third kappa shape index (κ3) is 4.76. The number of anilines is 2. The maximum atomic E-state index is 13.9. The summed E-state index contributed by atoms with van der Waals surface area (Å²) >= 11 is 6.13. The van der Waals surface area contributed by atoms with Crippen LogP contribution in [0.25, 0.3) is 0 Å². The van der Waals surface area contributed by atoms with Crippen molar-refractivity contribution in [3.63, 3.8) is 0 Å². The van der Waals surface area contributed by atoms with Crippen molar-refractivity contribution in [2.24, 2.45) is 0 Å². The summed E-state index contributed by atoms with van der Waals surface area (Å²) in [5.41, 5.74) is 3.18. The molecule has 2 N–H and O–H groups in total. The van der Waals surface area contributed by atoms with E-state index in [2.05, 4.69) is 52.8 Å². The molecule has 0 aliphatic carbocycles. The Labute approximate surface area is 213 Å². The van der Waals surface area contributed by atoms with Crippen LogP contribution in [-0.2, 0) is 4.79 Å². The maximum absolute atomic E-state index is 13.9. The van der Waals surface area contributed by atoms with Crippen LogP contribution < -0.4 is 15.5 Å². The molecule has 35 heavy (non-hydrogen) atoms. The zero-order valence-corrected chi connectivity index (χ0v) is 21.6. The molecule has 4 atom stereocenters. The van der Waals surface area contributed by atoms with E-state index in [1.165, 1.54) is 5.56 Å². The number of fused-ring (bicyclic) bond motifs is 3. The van der Waals surface area contributed by atoms with Crippen molar-refractivity contribution in [3.05, 3.63) is 59.0 Å². The molecule has 8 heteroatoms. The number of carbonyl (C=O) groups is 1. The van der Waals surface area contributed by atoms with E-state index >= 15 is 0 Å². The first-order valence-electron chi connectivity index (χ1n) is 12.7. The lowest BCUT2D eigenvalue weighted by Crippen LogP contribution is -2.57. The number of halogens is 1. The quantitative estimate of drug-likeness (QED) is 0.615. The Kier molecular flexibility index (Phi) is 6.73. The lowest BCUT2D eigenvalue weighted by atomic mass is 9.92. The number of hydrogen-bond donors (Lipinski definition) is 2. The molecule has 4 heterocycles. The number of nitrogens with zero attached hydrogens (tertiary/aromatic N) is 4. The molecule has 7 nitrogen and oxygen atoms in total. The molecule has 2 aromatic rings.